The highest BCUT2D eigenvalue weighted by atomic mass is 127. The number of hydrogen-bond acceptors (Lipinski definition) is 5. The highest BCUT2D eigenvalue weighted by Crippen LogP contribution is 2.25. The molecule has 1 N–H and O–H groups in total. The number of rotatable bonds is 4. The van der Waals surface area contributed by atoms with Crippen LogP contribution >= 0.6 is 22.6 Å². The molecular weight excluding hydrogens is 371 g/mol. The number of anilines is 1. The standard InChI is InChI=1S/C13H13IN4O2/c1-3-10-11(14)13(15-2)17-12(16-10)8-4-6-9(7-5-8)18(19)20/h4-7H,3H2,1-2H3,(H,15,16,17). The molecule has 0 radical (unpaired) electrons. The molecule has 2 rings (SSSR count). The molecule has 0 saturated heterocycles. The van der Waals surface area contributed by atoms with Gasteiger partial charge in [0.15, 0.2) is 5.82 Å². The van der Waals surface area contributed by atoms with E-state index in [4.69, 9.17) is 0 Å². The summed E-state index contributed by atoms with van der Waals surface area (Å²) in [6, 6.07) is 6.25. The fraction of sp³-hybridized carbons (Fsp3) is 0.231. The van der Waals surface area contributed by atoms with Crippen molar-refractivity contribution in [1.29, 1.82) is 0 Å². The number of aryl methyl sites for hydroxylation is 1. The first kappa shape index (κ1) is 14.6. The summed E-state index contributed by atoms with van der Waals surface area (Å²) < 4.78 is 0.998. The van der Waals surface area contributed by atoms with Gasteiger partial charge in [-0.3, -0.25) is 10.1 Å². The third-order valence-electron chi connectivity index (χ3n) is 2.83. The summed E-state index contributed by atoms with van der Waals surface area (Å²) in [6.07, 6.45) is 0.801. The molecular formula is C13H13IN4O2. The molecule has 0 atom stereocenters. The number of non-ortho nitro benzene ring substituents is 1. The van der Waals surface area contributed by atoms with Crippen molar-refractivity contribution in [3.05, 3.63) is 43.6 Å². The van der Waals surface area contributed by atoms with Crippen LogP contribution in [0, 0.1) is 13.7 Å². The zero-order chi connectivity index (χ0) is 14.7. The van der Waals surface area contributed by atoms with E-state index < -0.39 is 4.92 Å². The lowest BCUT2D eigenvalue weighted by molar-refractivity contribution is -0.384. The predicted molar refractivity (Wildman–Crippen MR) is 85.8 cm³/mol. The lowest BCUT2D eigenvalue weighted by Gasteiger charge is -2.10. The number of benzene rings is 1. The van der Waals surface area contributed by atoms with Gasteiger partial charge >= 0.3 is 0 Å². The second-order valence-corrected chi connectivity index (χ2v) is 5.14. The summed E-state index contributed by atoms with van der Waals surface area (Å²) in [7, 11) is 1.81. The summed E-state index contributed by atoms with van der Waals surface area (Å²) in [4.78, 5) is 19.2. The molecule has 7 heteroatoms. The van der Waals surface area contributed by atoms with E-state index in [1.807, 2.05) is 14.0 Å². The molecule has 6 nitrogen and oxygen atoms in total. The van der Waals surface area contributed by atoms with Gasteiger partial charge in [0.05, 0.1) is 14.2 Å². The van der Waals surface area contributed by atoms with Gasteiger partial charge < -0.3 is 5.32 Å². The van der Waals surface area contributed by atoms with E-state index in [1.165, 1.54) is 12.1 Å². The van der Waals surface area contributed by atoms with Crippen LogP contribution in [0.25, 0.3) is 11.4 Å². The lowest BCUT2D eigenvalue weighted by Crippen LogP contribution is -2.04. The Morgan fingerprint density at radius 2 is 1.95 bits per heavy atom. The van der Waals surface area contributed by atoms with E-state index in [0.29, 0.717) is 5.82 Å². The predicted octanol–water partition coefficient (Wildman–Crippen LogP) is 3.26. The Hall–Kier alpha value is -1.77. The second-order valence-electron chi connectivity index (χ2n) is 4.06. The van der Waals surface area contributed by atoms with Gasteiger partial charge in [-0.1, -0.05) is 6.92 Å². The molecule has 0 aliphatic rings. The van der Waals surface area contributed by atoms with Crippen LogP contribution in [0.5, 0.6) is 0 Å². The van der Waals surface area contributed by atoms with Gasteiger partial charge in [-0.25, -0.2) is 9.97 Å². The summed E-state index contributed by atoms with van der Waals surface area (Å²) in [5.41, 5.74) is 1.78. The fourth-order valence-corrected chi connectivity index (χ4v) is 2.65. The smallest absolute Gasteiger partial charge is 0.269 e. The molecule has 1 aromatic heterocycles. The number of nitro benzene ring substituents is 1. The van der Waals surface area contributed by atoms with E-state index >= 15 is 0 Å². The van der Waals surface area contributed by atoms with E-state index in [9.17, 15) is 10.1 Å². The zero-order valence-corrected chi connectivity index (χ0v) is 13.2. The molecule has 20 heavy (non-hydrogen) atoms. The Morgan fingerprint density at radius 1 is 1.30 bits per heavy atom. The van der Waals surface area contributed by atoms with E-state index in [2.05, 4.69) is 37.9 Å². The van der Waals surface area contributed by atoms with Crippen molar-refractivity contribution in [3.63, 3.8) is 0 Å². The van der Waals surface area contributed by atoms with Crippen LogP contribution in [-0.4, -0.2) is 21.9 Å². The zero-order valence-electron chi connectivity index (χ0n) is 11.1. The third kappa shape index (κ3) is 2.87. The monoisotopic (exact) mass is 384 g/mol. The van der Waals surface area contributed by atoms with E-state index in [-0.39, 0.29) is 5.69 Å². The Labute approximate surface area is 129 Å². The van der Waals surface area contributed by atoms with Gasteiger partial charge in [-0.15, -0.1) is 0 Å². The van der Waals surface area contributed by atoms with Gasteiger partial charge in [0.2, 0.25) is 0 Å². The summed E-state index contributed by atoms with van der Waals surface area (Å²) >= 11 is 2.21. The van der Waals surface area contributed by atoms with Crippen molar-refractivity contribution in [2.75, 3.05) is 12.4 Å². The Balaban J connectivity index is 2.49. The third-order valence-corrected chi connectivity index (χ3v) is 3.96. The van der Waals surface area contributed by atoms with Crippen molar-refractivity contribution in [2.24, 2.45) is 0 Å². The fourth-order valence-electron chi connectivity index (χ4n) is 1.75. The van der Waals surface area contributed by atoms with Crippen molar-refractivity contribution >= 4 is 34.1 Å². The van der Waals surface area contributed by atoms with Gasteiger partial charge in [0, 0.05) is 24.7 Å². The highest BCUT2D eigenvalue weighted by molar-refractivity contribution is 14.1. The SMILES string of the molecule is CCc1nc(-c2ccc([N+](=O)[O-])cc2)nc(NC)c1I. The molecule has 0 spiro atoms. The average molecular weight is 384 g/mol. The average Bonchev–Trinajstić information content (AvgIpc) is 2.47. The highest BCUT2D eigenvalue weighted by Gasteiger charge is 2.12. The molecule has 0 amide bonds. The number of aromatic nitrogens is 2. The van der Waals surface area contributed by atoms with Crippen LogP contribution in [-0.2, 0) is 6.42 Å². The van der Waals surface area contributed by atoms with Crippen molar-refractivity contribution < 1.29 is 4.92 Å². The normalized spacial score (nSPS) is 10.3. The van der Waals surface area contributed by atoms with Crippen LogP contribution < -0.4 is 5.32 Å². The minimum Gasteiger partial charge on any atom is -0.372 e. The molecule has 0 saturated carbocycles. The molecule has 1 aromatic carbocycles. The van der Waals surface area contributed by atoms with Gasteiger partial charge in [0.1, 0.15) is 5.82 Å². The number of halogens is 1. The van der Waals surface area contributed by atoms with Crippen LogP contribution in [0.15, 0.2) is 24.3 Å². The van der Waals surface area contributed by atoms with Crippen LogP contribution in [0.2, 0.25) is 0 Å². The maximum absolute atomic E-state index is 10.7. The molecule has 104 valence electrons. The minimum absolute atomic E-state index is 0.0591. The topological polar surface area (TPSA) is 81.0 Å². The van der Waals surface area contributed by atoms with Crippen LogP contribution in [0.1, 0.15) is 12.6 Å². The van der Waals surface area contributed by atoms with Gasteiger partial charge in [-0.2, -0.15) is 0 Å². The maximum Gasteiger partial charge on any atom is 0.269 e. The number of nitro groups is 1. The maximum atomic E-state index is 10.7. The van der Waals surface area contributed by atoms with E-state index in [0.717, 1.165) is 27.1 Å². The Bertz CT molecular complexity index is 618. The van der Waals surface area contributed by atoms with Crippen molar-refractivity contribution in [1.82, 2.24) is 9.97 Å². The molecule has 0 fully saturated rings. The number of nitrogens with zero attached hydrogens (tertiary/aromatic N) is 3. The number of nitrogens with one attached hydrogen (secondary N) is 1. The van der Waals surface area contributed by atoms with Gasteiger partial charge in [0.25, 0.3) is 5.69 Å². The first-order chi connectivity index (χ1) is 9.56. The first-order valence-corrected chi connectivity index (χ1v) is 7.13. The molecule has 0 bridgehead atoms. The van der Waals surface area contributed by atoms with Crippen LogP contribution in [0.3, 0.4) is 0 Å². The second kappa shape index (κ2) is 6.12. The first-order valence-electron chi connectivity index (χ1n) is 6.05. The lowest BCUT2D eigenvalue weighted by atomic mass is 10.2. The van der Waals surface area contributed by atoms with Crippen molar-refractivity contribution in [3.8, 4) is 11.4 Å². The molecule has 0 aliphatic carbocycles. The number of hydrogen-bond donors (Lipinski definition) is 1. The summed E-state index contributed by atoms with van der Waals surface area (Å²) in [5.74, 6) is 1.34. The molecule has 0 unspecified atom stereocenters. The Morgan fingerprint density at radius 3 is 2.45 bits per heavy atom. The molecule has 1 heterocycles. The minimum atomic E-state index is -0.422. The van der Waals surface area contributed by atoms with Crippen molar-refractivity contribution in [2.45, 2.75) is 13.3 Å². The summed E-state index contributed by atoms with van der Waals surface area (Å²) in [5, 5.41) is 13.7. The van der Waals surface area contributed by atoms with Crippen LogP contribution in [0.4, 0.5) is 11.5 Å². The molecule has 2 aromatic rings. The Kier molecular flexibility index (Phi) is 4.48. The largest absolute Gasteiger partial charge is 0.372 e. The quantitative estimate of drug-likeness (QED) is 0.497. The summed E-state index contributed by atoms with van der Waals surface area (Å²) in [6.45, 7) is 2.03. The molecule has 0 aliphatic heterocycles. The van der Waals surface area contributed by atoms with E-state index in [1.54, 1.807) is 12.1 Å². The van der Waals surface area contributed by atoms with Gasteiger partial charge in [-0.05, 0) is 41.1 Å².